The van der Waals surface area contributed by atoms with Crippen molar-refractivity contribution in [2.75, 3.05) is 41.8 Å². The monoisotopic (exact) mass is 479 g/mol. The van der Waals surface area contributed by atoms with Crippen molar-refractivity contribution in [3.63, 3.8) is 0 Å². The number of likely N-dealkylation sites (N-methyl/N-ethyl adjacent to an activating group) is 1. The summed E-state index contributed by atoms with van der Waals surface area (Å²) < 4.78 is 22.3. The molecular formula is C27H34FN5O2. The number of hydrogen-bond donors (Lipinski definition) is 1. The van der Waals surface area contributed by atoms with Gasteiger partial charge in [0.15, 0.2) is 0 Å². The van der Waals surface area contributed by atoms with Crippen LogP contribution in [0.15, 0.2) is 66.1 Å². The smallest absolute Gasteiger partial charge is 0.253 e. The van der Waals surface area contributed by atoms with Crippen LogP contribution in [0.4, 0.5) is 4.39 Å². The van der Waals surface area contributed by atoms with Gasteiger partial charge in [-0.25, -0.2) is 9.37 Å². The molecule has 1 aromatic carbocycles. The molecule has 3 rings (SSSR count). The molecule has 0 aliphatic rings. The second-order valence-electron chi connectivity index (χ2n) is 8.90. The third-order valence-electron chi connectivity index (χ3n) is 5.78. The van der Waals surface area contributed by atoms with Crippen molar-refractivity contribution in [1.29, 1.82) is 0 Å². The van der Waals surface area contributed by atoms with Gasteiger partial charge in [-0.3, -0.25) is 4.79 Å². The van der Waals surface area contributed by atoms with Crippen LogP contribution in [0.5, 0.6) is 5.75 Å². The van der Waals surface area contributed by atoms with Gasteiger partial charge in [-0.1, -0.05) is 6.58 Å². The van der Waals surface area contributed by atoms with E-state index in [-0.39, 0.29) is 18.3 Å². The molecule has 2 aromatic heterocycles. The third-order valence-corrected chi connectivity index (χ3v) is 5.78. The van der Waals surface area contributed by atoms with Crippen LogP contribution in [0.3, 0.4) is 0 Å². The third kappa shape index (κ3) is 6.08. The van der Waals surface area contributed by atoms with Gasteiger partial charge in [0.05, 0.1) is 18.5 Å². The van der Waals surface area contributed by atoms with E-state index < -0.39 is 0 Å². The fourth-order valence-corrected chi connectivity index (χ4v) is 3.86. The van der Waals surface area contributed by atoms with Gasteiger partial charge in [-0.15, -0.1) is 0 Å². The van der Waals surface area contributed by atoms with E-state index >= 15 is 0 Å². The fraction of sp³-hybridized carbons (Fsp3) is 0.333. The van der Waals surface area contributed by atoms with Crippen LogP contribution in [-0.4, -0.2) is 66.9 Å². The Kier molecular flexibility index (Phi) is 8.30. The standard InChI is InChI=1S/C27H34FN5O2/c1-18(27(34)32(6)7)23(19(2)29-3)12-13-35-25-14-21(28)9-10-24(25)20-8-11-26-30-15-22(17-31(4)5)33(26)16-20/h8-11,14-16,29H,1,12-13,17H2,2-7H3/b23-19-. The van der Waals surface area contributed by atoms with Crippen LogP contribution in [0, 0.1) is 5.82 Å². The first kappa shape index (κ1) is 26.0. The van der Waals surface area contributed by atoms with Crippen LogP contribution in [0.25, 0.3) is 16.8 Å². The lowest BCUT2D eigenvalue weighted by atomic mass is 10.0. The molecule has 0 aliphatic carbocycles. The molecule has 0 bridgehead atoms. The lowest BCUT2D eigenvalue weighted by Crippen LogP contribution is -2.25. The molecule has 186 valence electrons. The lowest BCUT2D eigenvalue weighted by molar-refractivity contribution is -0.124. The topological polar surface area (TPSA) is 62.1 Å². The molecule has 7 nitrogen and oxygen atoms in total. The van der Waals surface area contributed by atoms with Crippen molar-refractivity contribution in [1.82, 2.24) is 24.5 Å². The molecule has 3 aromatic rings. The average molecular weight is 480 g/mol. The molecule has 2 heterocycles. The zero-order valence-electron chi connectivity index (χ0n) is 21.4. The second kappa shape index (κ2) is 11.2. The molecule has 8 heteroatoms. The normalized spacial score (nSPS) is 12.0. The van der Waals surface area contributed by atoms with Gasteiger partial charge in [0.2, 0.25) is 0 Å². The number of ether oxygens (including phenoxy) is 1. The maximum absolute atomic E-state index is 14.2. The van der Waals surface area contributed by atoms with E-state index in [4.69, 9.17) is 4.74 Å². The number of amides is 1. The van der Waals surface area contributed by atoms with Crippen LogP contribution in [-0.2, 0) is 11.3 Å². The number of imidazole rings is 1. The maximum atomic E-state index is 14.2. The number of benzene rings is 1. The first-order valence-electron chi connectivity index (χ1n) is 11.4. The van der Waals surface area contributed by atoms with Gasteiger partial charge in [0.1, 0.15) is 17.2 Å². The van der Waals surface area contributed by atoms with Crippen molar-refractivity contribution in [2.24, 2.45) is 0 Å². The zero-order valence-corrected chi connectivity index (χ0v) is 21.4. The Labute approximate surface area is 206 Å². The predicted molar refractivity (Wildman–Crippen MR) is 138 cm³/mol. The van der Waals surface area contributed by atoms with E-state index in [0.29, 0.717) is 17.7 Å². The van der Waals surface area contributed by atoms with Gasteiger partial charge in [-0.2, -0.15) is 0 Å². The Morgan fingerprint density at radius 1 is 1.20 bits per heavy atom. The lowest BCUT2D eigenvalue weighted by Gasteiger charge is -2.19. The highest BCUT2D eigenvalue weighted by Gasteiger charge is 2.17. The number of allylic oxidation sites excluding steroid dienone is 1. The minimum absolute atomic E-state index is 0.164. The minimum Gasteiger partial charge on any atom is -0.492 e. The number of aromatic nitrogens is 2. The first-order valence-corrected chi connectivity index (χ1v) is 11.4. The number of hydrogen-bond acceptors (Lipinski definition) is 5. The first-order chi connectivity index (χ1) is 16.6. The number of halogens is 1. The molecular weight excluding hydrogens is 445 g/mol. The van der Waals surface area contributed by atoms with Crippen LogP contribution < -0.4 is 10.1 Å². The second-order valence-corrected chi connectivity index (χ2v) is 8.90. The quantitative estimate of drug-likeness (QED) is 0.350. The molecule has 0 atom stereocenters. The van der Waals surface area contributed by atoms with Gasteiger partial charge in [-0.05, 0) is 50.9 Å². The SMILES string of the molecule is C=C(C(=O)N(C)C)/C(CCOc1cc(F)ccc1-c1ccc2ncc(CN(C)C)n2c1)=C(/C)NC. The highest BCUT2D eigenvalue weighted by molar-refractivity contribution is 5.97. The number of carbonyl (C=O) groups excluding carboxylic acids is 1. The van der Waals surface area contributed by atoms with E-state index in [1.54, 1.807) is 27.2 Å². The van der Waals surface area contributed by atoms with Crippen molar-refractivity contribution in [2.45, 2.75) is 19.9 Å². The number of rotatable bonds is 10. The number of nitrogens with zero attached hydrogens (tertiary/aromatic N) is 4. The number of nitrogens with one attached hydrogen (secondary N) is 1. The summed E-state index contributed by atoms with van der Waals surface area (Å²) >= 11 is 0. The fourth-order valence-electron chi connectivity index (χ4n) is 3.86. The van der Waals surface area contributed by atoms with Crippen molar-refractivity contribution < 1.29 is 13.9 Å². The molecule has 0 spiro atoms. The Bertz CT molecular complexity index is 1260. The van der Waals surface area contributed by atoms with Crippen molar-refractivity contribution in [3.8, 4) is 16.9 Å². The van der Waals surface area contributed by atoms with E-state index in [2.05, 4.69) is 21.8 Å². The summed E-state index contributed by atoms with van der Waals surface area (Å²) in [6, 6.07) is 8.43. The summed E-state index contributed by atoms with van der Waals surface area (Å²) in [5.74, 6) is -0.108. The highest BCUT2D eigenvalue weighted by atomic mass is 19.1. The van der Waals surface area contributed by atoms with E-state index in [9.17, 15) is 9.18 Å². The van der Waals surface area contributed by atoms with Gasteiger partial charge >= 0.3 is 0 Å². The van der Waals surface area contributed by atoms with E-state index in [0.717, 1.165) is 40.3 Å². The molecule has 1 amide bonds. The predicted octanol–water partition coefficient (Wildman–Crippen LogP) is 4.11. The van der Waals surface area contributed by atoms with Gasteiger partial charge < -0.3 is 24.3 Å². The van der Waals surface area contributed by atoms with Gasteiger partial charge in [0.25, 0.3) is 5.91 Å². The number of carbonyl (C=O) groups is 1. The van der Waals surface area contributed by atoms with Gasteiger partial charge in [0, 0.05) is 68.8 Å². The molecule has 0 aliphatic heterocycles. The number of pyridine rings is 1. The Morgan fingerprint density at radius 3 is 2.60 bits per heavy atom. The Hall–Kier alpha value is -3.65. The highest BCUT2D eigenvalue weighted by Crippen LogP contribution is 2.32. The summed E-state index contributed by atoms with van der Waals surface area (Å²) in [6.07, 6.45) is 4.30. The van der Waals surface area contributed by atoms with E-state index in [1.165, 1.54) is 17.0 Å². The summed E-state index contributed by atoms with van der Waals surface area (Å²) in [4.78, 5) is 20.5. The molecule has 0 fully saturated rings. The molecule has 35 heavy (non-hydrogen) atoms. The molecule has 1 N–H and O–H groups in total. The average Bonchev–Trinajstić information content (AvgIpc) is 3.21. The summed E-state index contributed by atoms with van der Waals surface area (Å²) in [5.41, 5.74) is 5.58. The molecule has 0 unspecified atom stereocenters. The zero-order chi connectivity index (χ0) is 25.7. The molecule has 0 saturated carbocycles. The molecule has 0 saturated heterocycles. The summed E-state index contributed by atoms with van der Waals surface area (Å²) in [7, 11) is 9.20. The van der Waals surface area contributed by atoms with Crippen LogP contribution >= 0.6 is 0 Å². The largest absolute Gasteiger partial charge is 0.492 e. The van der Waals surface area contributed by atoms with Crippen LogP contribution in [0.2, 0.25) is 0 Å². The van der Waals surface area contributed by atoms with E-state index in [1.807, 2.05) is 49.9 Å². The van der Waals surface area contributed by atoms with Crippen molar-refractivity contribution in [3.05, 3.63) is 77.7 Å². The van der Waals surface area contributed by atoms with Crippen LogP contribution in [0.1, 0.15) is 19.0 Å². The molecule has 0 radical (unpaired) electrons. The Balaban J connectivity index is 1.88. The number of fused-ring (bicyclic) bond motifs is 1. The summed E-state index contributed by atoms with van der Waals surface area (Å²) in [5, 5.41) is 3.09. The Morgan fingerprint density at radius 2 is 1.94 bits per heavy atom. The van der Waals surface area contributed by atoms with Crippen molar-refractivity contribution >= 4 is 11.6 Å². The maximum Gasteiger partial charge on any atom is 0.253 e. The summed E-state index contributed by atoms with van der Waals surface area (Å²) in [6.45, 7) is 6.87. The minimum atomic E-state index is -0.380.